The van der Waals surface area contributed by atoms with E-state index in [1.165, 1.54) is 24.0 Å². The van der Waals surface area contributed by atoms with Crippen molar-refractivity contribution in [1.82, 2.24) is 0 Å². The van der Waals surface area contributed by atoms with Crippen LogP contribution in [0, 0.1) is 17.8 Å². The van der Waals surface area contributed by atoms with E-state index in [1.807, 2.05) is 0 Å². The van der Waals surface area contributed by atoms with Crippen LogP contribution in [0.3, 0.4) is 0 Å². The zero-order valence-electron chi connectivity index (χ0n) is 14.0. The molecule has 20 heavy (non-hydrogen) atoms. The van der Waals surface area contributed by atoms with Crippen molar-refractivity contribution in [2.75, 3.05) is 0 Å². The normalized spacial score (nSPS) is 38.0. The van der Waals surface area contributed by atoms with Crippen LogP contribution in [0.5, 0.6) is 0 Å². The Balaban J connectivity index is 2.88. The highest BCUT2D eigenvalue weighted by atomic mass is 14.2. The molecule has 0 aromatic heterocycles. The Kier molecular flexibility index (Phi) is 7.65. The zero-order valence-corrected chi connectivity index (χ0v) is 14.0. The maximum Gasteiger partial charge on any atom is -0.0133 e. The van der Waals surface area contributed by atoms with Gasteiger partial charge in [-0.1, -0.05) is 75.3 Å². The van der Waals surface area contributed by atoms with Crippen LogP contribution < -0.4 is 0 Å². The van der Waals surface area contributed by atoms with Gasteiger partial charge in [0.15, 0.2) is 0 Å². The van der Waals surface area contributed by atoms with Crippen molar-refractivity contribution in [3.05, 3.63) is 47.6 Å². The molecular weight excluding hydrogens is 240 g/mol. The topological polar surface area (TPSA) is 0 Å². The number of rotatable bonds is 1. The smallest absolute Gasteiger partial charge is 0.0133 e. The van der Waals surface area contributed by atoms with Gasteiger partial charge in [0.05, 0.1) is 0 Å². The van der Waals surface area contributed by atoms with Gasteiger partial charge in [-0.15, -0.1) is 0 Å². The van der Waals surface area contributed by atoms with Crippen LogP contribution in [0.25, 0.3) is 0 Å². The fourth-order valence-electron chi connectivity index (χ4n) is 2.64. The maximum atomic E-state index is 2.40. The molecule has 3 atom stereocenters. The van der Waals surface area contributed by atoms with Gasteiger partial charge in [0.2, 0.25) is 0 Å². The summed E-state index contributed by atoms with van der Waals surface area (Å²) in [5.74, 6) is 2.23. The van der Waals surface area contributed by atoms with E-state index in [0.29, 0.717) is 5.92 Å². The van der Waals surface area contributed by atoms with E-state index >= 15 is 0 Å². The summed E-state index contributed by atoms with van der Waals surface area (Å²) in [6.45, 7) is 11.7. The fraction of sp³-hybridized carbons (Fsp3) is 0.600. The van der Waals surface area contributed by atoms with Gasteiger partial charge in [-0.3, -0.25) is 0 Å². The largest absolute Gasteiger partial charge is 0.0843 e. The summed E-state index contributed by atoms with van der Waals surface area (Å²) in [6, 6.07) is 0. The van der Waals surface area contributed by atoms with Gasteiger partial charge in [-0.2, -0.15) is 0 Å². The summed E-state index contributed by atoms with van der Waals surface area (Å²) < 4.78 is 0. The van der Waals surface area contributed by atoms with Crippen molar-refractivity contribution in [2.45, 2.75) is 60.3 Å². The van der Waals surface area contributed by atoms with Crippen molar-refractivity contribution in [1.29, 1.82) is 0 Å². The molecule has 0 bridgehead atoms. The van der Waals surface area contributed by atoms with Gasteiger partial charge in [-0.05, 0) is 50.4 Å². The minimum Gasteiger partial charge on any atom is -0.0843 e. The molecule has 0 spiro atoms. The van der Waals surface area contributed by atoms with E-state index in [4.69, 9.17) is 0 Å². The van der Waals surface area contributed by atoms with Crippen LogP contribution >= 0.6 is 0 Å². The molecule has 0 aromatic rings. The van der Waals surface area contributed by atoms with Crippen LogP contribution in [-0.2, 0) is 0 Å². The van der Waals surface area contributed by atoms with Crippen LogP contribution in [-0.4, -0.2) is 0 Å². The molecule has 0 N–H and O–H groups in total. The quantitative estimate of drug-likeness (QED) is 0.513. The molecule has 0 amide bonds. The van der Waals surface area contributed by atoms with E-state index in [9.17, 15) is 0 Å². The predicted octanol–water partition coefficient (Wildman–Crippen LogP) is 6.47. The lowest BCUT2D eigenvalue weighted by atomic mass is 9.83. The molecule has 0 nitrogen and oxygen atoms in total. The molecule has 0 saturated heterocycles. The van der Waals surface area contributed by atoms with Crippen molar-refractivity contribution < 1.29 is 0 Å². The van der Waals surface area contributed by atoms with Crippen molar-refractivity contribution in [2.24, 2.45) is 17.8 Å². The second kappa shape index (κ2) is 9.00. The van der Waals surface area contributed by atoms with Crippen LogP contribution in [0.2, 0.25) is 0 Å². The Hall–Kier alpha value is -1.04. The Morgan fingerprint density at radius 2 is 1.70 bits per heavy atom. The minimum atomic E-state index is 0.685. The van der Waals surface area contributed by atoms with E-state index in [2.05, 4.69) is 71.1 Å². The third kappa shape index (κ3) is 5.94. The maximum absolute atomic E-state index is 2.40. The van der Waals surface area contributed by atoms with Crippen LogP contribution in [0.15, 0.2) is 47.6 Å². The molecule has 0 radical (unpaired) electrons. The fourth-order valence-corrected chi connectivity index (χ4v) is 2.64. The Morgan fingerprint density at radius 3 is 2.40 bits per heavy atom. The van der Waals surface area contributed by atoms with Gasteiger partial charge in [-0.25, -0.2) is 0 Å². The molecule has 3 unspecified atom stereocenters. The highest BCUT2D eigenvalue weighted by Crippen LogP contribution is 2.27. The summed E-state index contributed by atoms with van der Waals surface area (Å²) in [5, 5.41) is 0. The van der Waals surface area contributed by atoms with Crippen molar-refractivity contribution in [3.63, 3.8) is 0 Å². The highest BCUT2D eigenvalue weighted by Gasteiger charge is 2.15. The number of allylic oxidation sites excluding steroid dienone is 8. The Labute approximate surface area is 126 Å². The van der Waals surface area contributed by atoms with E-state index < -0.39 is 0 Å². The average Bonchev–Trinajstić information content (AvgIpc) is 2.43. The summed E-state index contributed by atoms with van der Waals surface area (Å²) in [6.07, 6.45) is 18.4. The van der Waals surface area contributed by atoms with Crippen LogP contribution in [0.1, 0.15) is 60.3 Å². The van der Waals surface area contributed by atoms with E-state index in [1.54, 1.807) is 0 Å². The summed E-state index contributed by atoms with van der Waals surface area (Å²) in [5.41, 5.74) is 3.02. The zero-order chi connectivity index (χ0) is 15.0. The second-order valence-corrected chi connectivity index (χ2v) is 6.48. The lowest BCUT2D eigenvalue weighted by Crippen LogP contribution is -2.12. The minimum absolute atomic E-state index is 0.685. The van der Waals surface area contributed by atoms with E-state index in [-0.39, 0.29) is 0 Å². The summed E-state index contributed by atoms with van der Waals surface area (Å²) in [7, 11) is 0. The molecule has 112 valence electrons. The molecule has 1 aliphatic rings. The first-order valence-electron chi connectivity index (χ1n) is 8.22. The first kappa shape index (κ1) is 17.0. The Morgan fingerprint density at radius 1 is 1.00 bits per heavy atom. The molecule has 0 saturated carbocycles. The molecule has 1 rings (SSSR count). The first-order chi connectivity index (χ1) is 9.54. The highest BCUT2D eigenvalue weighted by molar-refractivity contribution is 5.19. The second-order valence-electron chi connectivity index (χ2n) is 6.48. The van der Waals surface area contributed by atoms with Gasteiger partial charge in [0.1, 0.15) is 0 Å². The lowest BCUT2D eigenvalue weighted by Gasteiger charge is -2.23. The molecular formula is C20H32. The third-order valence-electron chi connectivity index (χ3n) is 4.78. The first-order valence-corrected chi connectivity index (χ1v) is 8.22. The standard InChI is InChI=1S/C20H32/c1-6-20-13-9-7-11-16(2)18(4)15-19(5)17(3)12-8-10-14-20/h7-11,14,17-19H,6,12-13,15H2,1-5H3/b9-7-,10-8-,16-11+,20-14-. The summed E-state index contributed by atoms with van der Waals surface area (Å²) in [4.78, 5) is 0. The monoisotopic (exact) mass is 272 g/mol. The molecule has 0 heterocycles. The van der Waals surface area contributed by atoms with Crippen molar-refractivity contribution in [3.8, 4) is 0 Å². The van der Waals surface area contributed by atoms with Gasteiger partial charge in [0.25, 0.3) is 0 Å². The van der Waals surface area contributed by atoms with Crippen LogP contribution in [0.4, 0.5) is 0 Å². The predicted molar refractivity (Wildman–Crippen MR) is 91.8 cm³/mol. The lowest BCUT2D eigenvalue weighted by molar-refractivity contribution is 0.333. The average molecular weight is 272 g/mol. The Bertz CT molecular complexity index is 392. The number of hydrogen-bond acceptors (Lipinski definition) is 0. The van der Waals surface area contributed by atoms with E-state index in [0.717, 1.165) is 24.7 Å². The molecule has 0 aliphatic heterocycles. The molecule has 0 aromatic carbocycles. The molecule has 0 fully saturated rings. The van der Waals surface area contributed by atoms with Gasteiger partial charge >= 0.3 is 0 Å². The van der Waals surface area contributed by atoms with Gasteiger partial charge < -0.3 is 0 Å². The number of hydrogen-bond donors (Lipinski definition) is 0. The third-order valence-corrected chi connectivity index (χ3v) is 4.78. The SMILES string of the molecule is CC/C1=C/C=C\CC(C)C(C)CC(C)/C(C)=C/C=C\C1. The molecule has 0 heteroatoms. The van der Waals surface area contributed by atoms with Crippen molar-refractivity contribution >= 4 is 0 Å². The summed E-state index contributed by atoms with van der Waals surface area (Å²) >= 11 is 0. The molecule has 1 aliphatic carbocycles. The van der Waals surface area contributed by atoms with Gasteiger partial charge in [0, 0.05) is 0 Å².